The van der Waals surface area contributed by atoms with Crippen LogP contribution in [-0.2, 0) is 4.74 Å². The first-order valence-corrected chi connectivity index (χ1v) is 7.74. The SMILES string of the molecule is CCNC1CCN(C2CCCC(OC)C2)CC1C. The zero-order valence-electron chi connectivity index (χ0n) is 12.3. The third kappa shape index (κ3) is 3.46. The second-order valence-electron chi connectivity index (χ2n) is 6.10. The van der Waals surface area contributed by atoms with Crippen molar-refractivity contribution in [2.75, 3.05) is 26.7 Å². The fourth-order valence-electron chi connectivity index (χ4n) is 3.74. The predicted octanol–water partition coefficient (Wildman–Crippen LogP) is 2.26. The Morgan fingerprint density at radius 2 is 2.11 bits per heavy atom. The maximum absolute atomic E-state index is 5.56. The summed E-state index contributed by atoms with van der Waals surface area (Å²) in [6.45, 7) is 8.24. The first-order valence-electron chi connectivity index (χ1n) is 7.74. The van der Waals surface area contributed by atoms with Crippen molar-refractivity contribution in [1.29, 1.82) is 0 Å². The van der Waals surface area contributed by atoms with Crippen LogP contribution in [0.3, 0.4) is 0 Å². The first kappa shape index (κ1) is 14.3. The van der Waals surface area contributed by atoms with Crippen molar-refractivity contribution in [1.82, 2.24) is 10.2 Å². The number of nitrogens with one attached hydrogen (secondary N) is 1. The van der Waals surface area contributed by atoms with Crippen molar-refractivity contribution in [3.05, 3.63) is 0 Å². The van der Waals surface area contributed by atoms with Crippen LogP contribution in [0.15, 0.2) is 0 Å². The summed E-state index contributed by atoms with van der Waals surface area (Å²) >= 11 is 0. The second kappa shape index (κ2) is 6.88. The molecule has 3 heteroatoms. The molecule has 0 aromatic heterocycles. The van der Waals surface area contributed by atoms with Gasteiger partial charge in [-0.2, -0.15) is 0 Å². The number of piperidine rings is 1. The van der Waals surface area contributed by atoms with Crippen LogP contribution in [-0.4, -0.2) is 49.8 Å². The summed E-state index contributed by atoms with van der Waals surface area (Å²) in [6.07, 6.45) is 7.03. The van der Waals surface area contributed by atoms with Gasteiger partial charge in [0.25, 0.3) is 0 Å². The quantitative estimate of drug-likeness (QED) is 0.833. The fraction of sp³-hybridized carbons (Fsp3) is 1.00. The smallest absolute Gasteiger partial charge is 0.0586 e. The predicted molar refractivity (Wildman–Crippen MR) is 75.9 cm³/mol. The van der Waals surface area contributed by atoms with Gasteiger partial charge in [0.15, 0.2) is 0 Å². The van der Waals surface area contributed by atoms with E-state index in [9.17, 15) is 0 Å². The third-order valence-electron chi connectivity index (χ3n) is 4.85. The molecule has 1 saturated heterocycles. The number of hydrogen-bond acceptors (Lipinski definition) is 3. The van der Waals surface area contributed by atoms with E-state index in [1.807, 2.05) is 7.11 Å². The van der Waals surface area contributed by atoms with E-state index in [4.69, 9.17) is 4.74 Å². The van der Waals surface area contributed by atoms with Gasteiger partial charge in [-0.3, -0.25) is 4.90 Å². The molecule has 0 spiro atoms. The molecular formula is C15H30N2O. The molecule has 1 aliphatic heterocycles. The van der Waals surface area contributed by atoms with Crippen molar-refractivity contribution in [3.8, 4) is 0 Å². The molecule has 2 aliphatic rings. The summed E-state index contributed by atoms with van der Waals surface area (Å²) in [5, 5.41) is 3.63. The zero-order valence-corrected chi connectivity index (χ0v) is 12.3. The highest BCUT2D eigenvalue weighted by Crippen LogP contribution is 2.28. The summed E-state index contributed by atoms with van der Waals surface area (Å²) in [5.74, 6) is 0.779. The van der Waals surface area contributed by atoms with Crippen molar-refractivity contribution < 1.29 is 4.74 Å². The third-order valence-corrected chi connectivity index (χ3v) is 4.85. The van der Waals surface area contributed by atoms with E-state index >= 15 is 0 Å². The highest BCUT2D eigenvalue weighted by atomic mass is 16.5. The van der Waals surface area contributed by atoms with Crippen molar-refractivity contribution in [2.45, 2.75) is 64.1 Å². The lowest BCUT2D eigenvalue weighted by molar-refractivity contribution is 0.0115. The monoisotopic (exact) mass is 254 g/mol. The number of nitrogens with zero attached hydrogens (tertiary/aromatic N) is 1. The van der Waals surface area contributed by atoms with Crippen molar-refractivity contribution >= 4 is 0 Å². The average molecular weight is 254 g/mol. The standard InChI is InChI=1S/C15H30N2O/c1-4-16-15-8-9-17(11-12(15)2)13-6-5-7-14(10-13)18-3/h12-16H,4-11H2,1-3H3. The maximum Gasteiger partial charge on any atom is 0.0586 e. The fourth-order valence-corrected chi connectivity index (χ4v) is 3.74. The Kier molecular flexibility index (Phi) is 5.46. The Balaban J connectivity index is 1.83. The Hall–Kier alpha value is -0.120. The molecule has 4 atom stereocenters. The summed E-state index contributed by atoms with van der Waals surface area (Å²) in [5.41, 5.74) is 0. The number of hydrogen-bond donors (Lipinski definition) is 1. The molecule has 4 unspecified atom stereocenters. The lowest BCUT2D eigenvalue weighted by Crippen LogP contribution is -2.52. The van der Waals surface area contributed by atoms with E-state index in [1.54, 1.807) is 0 Å². The summed E-state index contributed by atoms with van der Waals surface area (Å²) < 4.78 is 5.56. The van der Waals surface area contributed by atoms with Crippen LogP contribution in [0.2, 0.25) is 0 Å². The highest BCUT2D eigenvalue weighted by Gasteiger charge is 2.32. The van der Waals surface area contributed by atoms with E-state index < -0.39 is 0 Å². The van der Waals surface area contributed by atoms with Gasteiger partial charge in [-0.25, -0.2) is 0 Å². The first-order chi connectivity index (χ1) is 8.74. The van der Waals surface area contributed by atoms with Gasteiger partial charge in [-0.1, -0.05) is 13.8 Å². The molecule has 0 aromatic rings. The van der Waals surface area contributed by atoms with Crippen LogP contribution in [0.1, 0.15) is 46.0 Å². The molecule has 1 heterocycles. The largest absolute Gasteiger partial charge is 0.381 e. The van der Waals surface area contributed by atoms with Crippen LogP contribution >= 0.6 is 0 Å². The minimum absolute atomic E-state index is 0.505. The van der Waals surface area contributed by atoms with Crippen LogP contribution in [0.5, 0.6) is 0 Å². The van der Waals surface area contributed by atoms with Gasteiger partial charge in [0, 0.05) is 25.7 Å². The van der Waals surface area contributed by atoms with E-state index in [-0.39, 0.29) is 0 Å². The van der Waals surface area contributed by atoms with Crippen molar-refractivity contribution in [3.63, 3.8) is 0 Å². The summed E-state index contributed by atoms with van der Waals surface area (Å²) in [4.78, 5) is 2.73. The molecule has 2 rings (SSSR count). The Morgan fingerprint density at radius 1 is 1.28 bits per heavy atom. The van der Waals surface area contributed by atoms with Gasteiger partial charge in [-0.05, 0) is 51.1 Å². The van der Waals surface area contributed by atoms with E-state index in [1.165, 1.54) is 45.2 Å². The minimum Gasteiger partial charge on any atom is -0.381 e. The molecule has 2 fully saturated rings. The maximum atomic E-state index is 5.56. The highest BCUT2D eigenvalue weighted by molar-refractivity contribution is 4.88. The molecule has 0 aromatic carbocycles. The molecule has 106 valence electrons. The molecule has 18 heavy (non-hydrogen) atoms. The van der Waals surface area contributed by atoms with Gasteiger partial charge in [0.1, 0.15) is 0 Å². The van der Waals surface area contributed by atoms with Gasteiger partial charge in [0.2, 0.25) is 0 Å². The number of ether oxygens (including phenoxy) is 1. The van der Waals surface area contributed by atoms with Crippen LogP contribution in [0.4, 0.5) is 0 Å². The molecule has 1 aliphatic carbocycles. The van der Waals surface area contributed by atoms with Crippen LogP contribution < -0.4 is 5.32 Å². The van der Waals surface area contributed by atoms with Gasteiger partial charge >= 0.3 is 0 Å². The zero-order chi connectivity index (χ0) is 13.0. The molecule has 1 N–H and O–H groups in total. The molecule has 0 bridgehead atoms. The molecule has 3 nitrogen and oxygen atoms in total. The van der Waals surface area contributed by atoms with Gasteiger partial charge in [-0.15, -0.1) is 0 Å². The number of rotatable bonds is 4. The normalized spacial score (nSPS) is 38.8. The molecular weight excluding hydrogens is 224 g/mol. The Labute approximate surface area is 112 Å². The lowest BCUT2D eigenvalue weighted by Gasteiger charge is -2.43. The minimum atomic E-state index is 0.505. The number of likely N-dealkylation sites (tertiary alicyclic amines) is 1. The Morgan fingerprint density at radius 3 is 2.78 bits per heavy atom. The molecule has 0 amide bonds. The average Bonchev–Trinajstić information content (AvgIpc) is 2.41. The van der Waals surface area contributed by atoms with Gasteiger partial charge in [0.05, 0.1) is 6.10 Å². The summed E-state index contributed by atoms with van der Waals surface area (Å²) in [6, 6.07) is 1.50. The molecule has 0 radical (unpaired) electrons. The van der Waals surface area contributed by atoms with Crippen molar-refractivity contribution in [2.24, 2.45) is 5.92 Å². The topological polar surface area (TPSA) is 24.5 Å². The number of methoxy groups -OCH3 is 1. The second-order valence-corrected chi connectivity index (χ2v) is 6.10. The summed E-state index contributed by atoms with van der Waals surface area (Å²) in [7, 11) is 1.87. The van der Waals surface area contributed by atoms with E-state index in [0.29, 0.717) is 6.10 Å². The van der Waals surface area contributed by atoms with E-state index in [0.717, 1.165) is 24.5 Å². The van der Waals surface area contributed by atoms with Crippen LogP contribution in [0.25, 0.3) is 0 Å². The van der Waals surface area contributed by atoms with Crippen LogP contribution in [0, 0.1) is 5.92 Å². The van der Waals surface area contributed by atoms with E-state index in [2.05, 4.69) is 24.1 Å². The lowest BCUT2D eigenvalue weighted by atomic mass is 9.87. The van der Waals surface area contributed by atoms with Gasteiger partial charge < -0.3 is 10.1 Å². The Bertz CT molecular complexity index is 247. The molecule has 1 saturated carbocycles.